The third-order valence-corrected chi connectivity index (χ3v) is 5.10. The number of nitrogens with zero attached hydrogens (tertiary/aromatic N) is 4. The van der Waals surface area contributed by atoms with Crippen LogP contribution in [0.25, 0.3) is 6.08 Å². The van der Waals surface area contributed by atoms with Crippen LogP contribution in [0.5, 0.6) is 5.75 Å². The van der Waals surface area contributed by atoms with Gasteiger partial charge in [-0.15, -0.1) is 11.3 Å². The zero-order valence-electron chi connectivity index (χ0n) is 16.9. The van der Waals surface area contributed by atoms with Gasteiger partial charge in [0.15, 0.2) is 5.82 Å². The highest BCUT2D eigenvalue weighted by atomic mass is 32.1. The lowest BCUT2D eigenvalue weighted by molar-refractivity contribution is -0.111. The highest BCUT2D eigenvalue weighted by molar-refractivity contribution is 7.09. The van der Waals surface area contributed by atoms with Gasteiger partial charge in [0.05, 0.1) is 22.9 Å². The number of hydrogen-bond acceptors (Lipinski definition) is 6. The number of rotatable bonds is 8. The summed E-state index contributed by atoms with van der Waals surface area (Å²) in [4.78, 5) is 20.9. The molecule has 0 atom stereocenters. The molecule has 4 aromatic rings. The summed E-state index contributed by atoms with van der Waals surface area (Å²) in [5.74, 6) is 0.954. The van der Waals surface area contributed by atoms with Crippen LogP contribution in [0.1, 0.15) is 22.0 Å². The minimum absolute atomic E-state index is 0.257. The Labute approximate surface area is 184 Å². The SMILES string of the molecule is Cc1nc(COc2cccc(/C=C/C(=O)Nc3ccn(Cc4ccccn4)n3)c2)cs1. The van der Waals surface area contributed by atoms with Gasteiger partial charge in [0.2, 0.25) is 5.91 Å². The summed E-state index contributed by atoms with van der Waals surface area (Å²) >= 11 is 1.60. The molecule has 3 aromatic heterocycles. The molecule has 4 rings (SSSR count). The third-order valence-electron chi connectivity index (χ3n) is 4.28. The van der Waals surface area contributed by atoms with Crippen molar-refractivity contribution < 1.29 is 9.53 Å². The molecule has 0 saturated heterocycles. The number of benzene rings is 1. The van der Waals surface area contributed by atoms with Gasteiger partial charge < -0.3 is 10.1 Å². The normalized spacial score (nSPS) is 11.0. The molecular formula is C23H21N5O2S. The molecule has 0 saturated carbocycles. The molecule has 0 spiro atoms. The third kappa shape index (κ3) is 6.10. The van der Waals surface area contributed by atoms with Crippen molar-refractivity contribution >= 4 is 29.1 Å². The fourth-order valence-electron chi connectivity index (χ4n) is 2.85. The van der Waals surface area contributed by atoms with Crippen molar-refractivity contribution in [1.29, 1.82) is 0 Å². The van der Waals surface area contributed by atoms with Gasteiger partial charge in [-0.05, 0) is 42.8 Å². The van der Waals surface area contributed by atoms with E-state index >= 15 is 0 Å². The molecule has 0 bridgehead atoms. The Morgan fingerprint density at radius 3 is 2.94 bits per heavy atom. The van der Waals surface area contributed by atoms with Crippen LogP contribution in [0.4, 0.5) is 5.82 Å². The van der Waals surface area contributed by atoms with Crippen molar-refractivity contribution in [1.82, 2.24) is 19.7 Å². The Morgan fingerprint density at radius 1 is 1.19 bits per heavy atom. The van der Waals surface area contributed by atoms with Gasteiger partial charge in [0, 0.05) is 29.9 Å². The quantitative estimate of drug-likeness (QED) is 0.420. The first-order valence-corrected chi connectivity index (χ1v) is 10.6. The second-order valence-electron chi connectivity index (χ2n) is 6.76. The Morgan fingerprint density at radius 2 is 2.13 bits per heavy atom. The number of thiazole rings is 1. The van der Waals surface area contributed by atoms with Crippen LogP contribution in [0.15, 0.2) is 72.4 Å². The van der Waals surface area contributed by atoms with Gasteiger partial charge in [-0.25, -0.2) is 4.98 Å². The van der Waals surface area contributed by atoms with Gasteiger partial charge in [0.25, 0.3) is 0 Å². The van der Waals surface area contributed by atoms with E-state index in [4.69, 9.17) is 4.74 Å². The number of aryl methyl sites for hydroxylation is 1. The highest BCUT2D eigenvalue weighted by Crippen LogP contribution is 2.17. The number of hydrogen-bond donors (Lipinski definition) is 1. The van der Waals surface area contributed by atoms with E-state index in [1.807, 2.05) is 54.8 Å². The van der Waals surface area contributed by atoms with Crippen molar-refractivity contribution in [3.8, 4) is 5.75 Å². The number of ether oxygens (including phenoxy) is 1. The Kier molecular flexibility index (Phi) is 6.49. The zero-order valence-corrected chi connectivity index (χ0v) is 17.7. The molecule has 7 nitrogen and oxygen atoms in total. The van der Waals surface area contributed by atoms with Crippen LogP contribution < -0.4 is 10.1 Å². The monoisotopic (exact) mass is 431 g/mol. The largest absolute Gasteiger partial charge is 0.487 e. The molecule has 0 aliphatic rings. The van der Waals surface area contributed by atoms with E-state index in [-0.39, 0.29) is 5.91 Å². The molecule has 0 aliphatic heterocycles. The molecule has 0 fully saturated rings. The maximum Gasteiger partial charge on any atom is 0.249 e. The van der Waals surface area contributed by atoms with Crippen LogP contribution in [0.2, 0.25) is 0 Å². The number of anilines is 1. The van der Waals surface area contributed by atoms with E-state index < -0.39 is 0 Å². The number of pyridine rings is 1. The second kappa shape index (κ2) is 9.82. The molecule has 8 heteroatoms. The Bertz CT molecular complexity index is 1180. The molecule has 1 aromatic carbocycles. The highest BCUT2D eigenvalue weighted by Gasteiger charge is 2.04. The summed E-state index contributed by atoms with van der Waals surface area (Å²) in [6.45, 7) is 2.93. The molecule has 1 N–H and O–H groups in total. The molecular weight excluding hydrogens is 410 g/mol. The van der Waals surface area contributed by atoms with Crippen LogP contribution >= 0.6 is 11.3 Å². The summed E-state index contributed by atoms with van der Waals surface area (Å²) < 4.78 is 7.52. The van der Waals surface area contributed by atoms with E-state index in [0.717, 1.165) is 27.7 Å². The van der Waals surface area contributed by atoms with E-state index in [0.29, 0.717) is 19.0 Å². The number of amides is 1. The minimum atomic E-state index is -0.257. The lowest BCUT2D eigenvalue weighted by Crippen LogP contribution is -2.09. The van der Waals surface area contributed by atoms with Crippen molar-refractivity contribution in [2.45, 2.75) is 20.1 Å². The van der Waals surface area contributed by atoms with Crippen molar-refractivity contribution in [3.05, 3.63) is 94.3 Å². The zero-order chi connectivity index (χ0) is 21.5. The summed E-state index contributed by atoms with van der Waals surface area (Å²) in [7, 11) is 0. The number of aromatic nitrogens is 4. The first-order valence-electron chi connectivity index (χ1n) is 9.70. The molecule has 0 aliphatic carbocycles. The summed E-state index contributed by atoms with van der Waals surface area (Å²) in [5, 5.41) is 10.1. The lowest BCUT2D eigenvalue weighted by atomic mass is 10.2. The van der Waals surface area contributed by atoms with E-state index in [1.54, 1.807) is 40.6 Å². The van der Waals surface area contributed by atoms with Crippen molar-refractivity contribution in [2.75, 3.05) is 5.32 Å². The minimum Gasteiger partial charge on any atom is -0.487 e. The molecule has 1 amide bonds. The number of nitrogens with one attached hydrogen (secondary N) is 1. The summed E-state index contributed by atoms with van der Waals surface area (Å²) in [6.07, 6.45) is 6.76. The first-order chi connectivity index (χ1) is 15.1. The fraction of sp³-hybridized carbons (Fsp3) is 0.130. The van der Waals surface area contributed by atoms with Crippen LogP contribution in [0, 0.1) is 6.92 Å². The average Bonchev–Trinajstić information content (AvgIpc) is 3.40. The maximum atomic E-state index is 12.3. The Hall–Kier alpha value is -3.78. The standard InChI is InChI=1S/C23H21N5O2S/c1-17-25-20(16-31-17)15-30-21-7-4-5-18(13-21)8-9-23(29)26-22-10-12-28(27-22)14-19-6-2-3-11-24-19/h2-13,16H,14-15H2,1H3,(H,26,27,29)/b9-8+. The van der Waals surface area contributed by atoms with Crippen molar-refractivity contribution in [2.24, 2.45) is 0 Å². The van der Waals surface area contributed by atoms with Gasteiger partial charge in [-0.3, -0.25) is 14.5 Å². The predicted octanol–water partition coefficient (Wildman–Crippen LogP) is 4.32. The van der Waals surface area contributed by atoms with E-state index in [2.05, 4.69) is 20.4 Å². The van der Waals surface area contributed by atoms with Crippen molar-refractivity contribution in [3.63, 3.8) is 0 Å². The lowest BCUT2D eigenvalue weighted by Gasteiger charge is -2.05. The smallest absolute Gasteiger partial charge is 0.249 e. The van der Waals surface area contributed by atoms with Crippen LogP contribution in [-0.2, 0) is 17.9 Å². The molecule has 0 unspecified atom stereocenters. The average molecular weight is 432 g/mol. The fourth-order valence-corrected chi connectivity index (χ4v) is 3.45. The van der Waals surface area contributed by atoms with Crippen LogP contribution in [-0.4, -0.2) is 25.7 Å². The topological polar surface area (TPSA) is 81.9 Å². The van der Waals surface area contributed by atoms with Gasteiger partial charge in [-0.1, -0.05) is 18.2 Å². The predicted molar refractivity (Wildman–Crippen MR) is 121 cm³/mol. The summed E-state index contributed by atoms with van der Waals surface area (Å²) in [5.41, 5.74) is 2.67. The van der Waals surface area contributed by atoms with E-state index in [9.17, 15) is 4.79 Å². The molecule has 156 valence electrons. The van der Waals surface area contributed by atoms with Gasteiger partial charge >= 0.3 is 0 Å². The first kappa shape index (κ1) is 20.5. The molecule has 31 heavy (non-hydrogen) atoms. The summed E-state index contributed by atoms with van der Waals surface area (Å²) in [6, 6.07) is 15.0. The van der Waals surface area contributed by atoms with Gasteiger partial charge in [-0.2, -0.15) is 5.10 Å². The van der Waals surface area contributed by atoms with Gasteiger partial charge in [0.1, 0.15) is 12.4 Å². The number of carbonyl (C=O) groups excluding carboxylic acids is 1. The molecule has 3 heterocycles. The second-order valence-corrected chi connectivity index (χ2v) is 7.82. The Balaban J connectivity index is 1.31. The maximum absolute atomic E-state index is 12.3. The molecule has 0 radical (unpaired) electrons. The van der Waals surface area contributed by atoms with Crippen LogP contribution in [0.3, 0.4) is 0 Å². The number of carbonyl (C=O) groups is 1. The van der Waals surface area contributed by atoms with E-state index in [1.165, 1.54) is 6.08 Å².